The molecule has 244 valence electrons. The predicted molar refractivity (Wildman–Crippen MR) is 148 cm³/mol. The van der Waals surface area contributed by atoms with Gasteiger partial charge in [0.25, 0.3) is 23.0 Å². The van der Waals surface area contributed by atoms with Gasteiger partial charge in [0.05, 0.1) is 44.8 Å². The van der Waals surface area contributed by atoms with Gasteiger partial charge in [-0.3, -0.25) is 39.9 Å². The second-order valence-corrected chi connectivity index (χ2v) is 9.87. The first-order chi connectivity index (χ1) is 21.3. The number of esters is 2. The zero-order chi connectivity index (χ0) is 34.7. The summed E-state index contributed by atoms with van der Waals surface area (Å²) in [6.45, 7) is 3.50. The van der Waals surface area contributed by atoms with E-state index in [2.05, 4.69) is 15.4 Å². The Kier molecular flexibility index (Phi) is 9.78. The summed E-state index contributed by atoms with van der Waals surface area (Å²) >= 11 is 0. The van der Waals surface area contributed by atoms with Crippen molar-refractivity contribution in [3.63, 3.8) is 0 Å². The number of rotatable bonds is 10. The lowest BCUT2D eigenvalue weighted by molar-refractivity contribution is -0.434. The number of carbonyl (C=O) groups is 3. The molecular weight excluding hydrogens is 627 g/mol. The zero-order valence-corrected chi connectivity index (χ0v) is 24.2. The molecule has 2 N–H and O–H groups in total. The molecule has 19 heteroatoms. The van der Waals surface area contributed by atoms with Gasteiger partial charge in [-0.05, 0) is 38.5 Å². The fraction of sp³-hybridized carbons (Fsp3) is 0.296. The van der Waals surface area contributed by atoms with Gasteiger partial charge in [-0.15, -0.1) is 0 Å². The van der Waals surface area contributed by atoms with Crippen LogP contribution in [0.1, 0.15) is 42.3 Å². The standard InChI is InChI=1S/C27H24F3N5O11/c1-13-12-26(22(35(43)44)14(2)31-13,19-7-5-6-8-20(19)27(28,29)30)25(38)46-15(3)21(24(37)45-4)32-23(36)16-9-17(33(39)40)11-18(10-16)34(41)42/h5-12,15,21,31H,1-4H3,(H,32,36)/t15-,21+,26-/m0/s1. The molecular formula is C27H24F3N5O11. The van der Waals surface area contributed by atoms with Crippen LogP contribution in [-0.2, 0) is 30.7 Å². The van der Waals surface area contributed by atoms with Crippen molar-refractivity contribution in [1.29, 1.82) is 0 Å². The molecule has 2 aromatic rings. The van der Waals surface area contributed by atoms with Crippen LogP contribution in [0.15, 0.2) is 65.6 Å². The van der Waals surface area contributed by atoms with Gasteiger partial charge in [-0.1, -0.05) is 18.2 Å². The highest BCUT2D eigenvalue weighted by atomic mass is 19.4. The van der Waals surface area contributed by atoms with Crippen LogP contribution in [0.2, 0.25) is 0 Å². The van der Waals surface area contributed by atoms with Crippen molar-refractivity contribution in [3.05, 3.63) is 113 Å². The van der Waals surface area contributed by atoms with Gasteiger partial charge in [0, 0.05) is 17.8 Å². The van der Waals surface area contributed by atoms with Crippen LogP contribution in [0.4, 0.5) is 24.5 Å². The molecule has 2 aromatic carbocycles. The van der Waals surface area contributed by atoms with Crippen LogP contribution in [-0.4, -0.2) is 51.9 Å². The molecule has 0 unspecified atom stereocenters. The molecule has 0 aromatic heterocycles. The van der Waals surface area contributed by atoms with Crippen molar-refractivity contribution in [2.75, 3.05) is 7.11 Å². The molecule has 0 bridgehead atoms. The number of alkyl halides is 3. The van der Waals surface area contributed by atoms with E-state index in [1.165, 1.54) is 6.92 Å². The summed E-state index contributed by atoms with van der Waals surface area (Å²) in [6.07, 6.45) is -6.04. The maximum Gasteiger partial charge on any atom is 0.416 e. The number of amides is 1. The minimum Gasteiger partial charge on any atom is -0.467 e. The first kappa shape index (κ1) is 34.6. The Morgan fingerprint density at radius 2 is 1.52 bits per heavy atom. The summed E-state index contributed by atoms with van der Waals surface area (Å²) in [6, 6.07) is 3.54. The number of carbonyl (C=O) groups excluding carboxylic acids is 3. The second kappa shape index (κ2) is 13.0. The molecule has 3 rings (SSSR count). The predicted octanol–water partition coefficient (Wildman–Crippen LogP) is 3.68. The Morgan fingerprint density at radius 3 is 2.02 bits per heavy atom. The molecule has 0 spiro atoms. The number of dihydropyridines is 1. The van der Waals surface area contributed by atoms with E-state index in [1.54, 1.807) is 0 Å². The Bertz CT molecular complexity index is 1670. The van der Waals surface area contributed by atoms with E-state index in [0.29, 0.717) is 24.3 Å². The summed E-state index contributed by atoms with van der Waals surface area (Å²) in [5, 5.41) is 39.5. The number of hydrogen-bond donors (Lipinski definition) is 2. The van der Waals surface area contributed by atoms with E-state index in [9.17, 15) is 57.9 Å². The molecule has 0 radical (unpaired) electrons. The number of ether oxygens (including phenoxy) is 2. The van der Waals surface area contributed by atoms with E-state index in [0.717, 1.165) is 45.2 Å². The largest absolute Gasteiger partial charge is 0.467 e. The molecule has 16 nitrogen and oxygen atoms in total. The van der Waals surface area contributed by atoms with Crippen LogP contribution in [0, 0.1) is 30.3 Å². The summed E-state index contributed by atoms with van der Waals surface area (Å²) in [5.41, 5.74) is -8.73. The van der Waals surface area contributed by atoms with E-state index >= 15 is 0 Å². The van der Waals surface area contributed by atoms with Gasteiger partial charge >= 0.3 is 18.1 Å². The Labute approximate surface area is 256 Å². The Balaban J connectivity index is 2.14. The Morgan fingerprint density at radius 1 is 0.957 bits per heavy atom. The van der Waals surface area contributed by atoms with Gasteiger partial charge < -0.3 is 20.1 Å². The van der Waals surface area contributed by atoms with Gasteiger partial charge in [0.1, 0.15) is 6.10 Å². The third kappa shape index (κ3) is 6.76. The van der Waals surface area contributed by atoms with Crippen LogP contribution >= 0.6 is 0 Å². The number of benzene rings is 2. The lowest BCUT2D eigenvalue weighted by Crippen LogP contribution is -2.53. The monoisotopic (exact) mass is 651 g/mol. The maximum absolute atomic E-state index is 14.2. The topological polar surface area (TPSA) is 223 Å². The molecule has 0 aliphatic carbocycles. The highest BCUT2D eigenvalue weighted by Gasteiger charge is 2.57. The van der Waals surface area contributed by atoms with E-state index in [1.807, 2.05) is 0 Å². The highest BCUT2D eigenvalue weighted by Crippen LogP contribution is 2.46. The third-order valence-electron chi connectivity index (χ3n) is 6.80. The van der Waals surface area contributed by atoms with Crippen LogP contribution in [0.5, 0.6) is 0 Å². The molecule has 46 heavy (non-hydrogen) atoms. The third-order valence-corrected chi connectivity index (χ3v) is 6.80. The summed E-state index contributed by atoms with van der Waals surface area (Å²) in [4.78, 5) is 71.5. The number of nitro benzene ring substituents is 2. The van der Waals surface area contributed by atoms with E-state index < -0.39 is 90.1 Å². The zero-order valence-electron chi connectivity index (χ0n) is 24.2. The molecule has 1 amide bonds. The lowest BCUT2D eigenvalue weighted by Gasteiger charge is -2.34. The fourth-order valence-corrected chi connectivity index (χ4v) is 4.89. The minimum atomic E-state index is -5.10. The SMILES string of the molecule is COC(=O)[C@H](NC(=O)c1cc([N+](=O)[O-])cc([N+](=O)[O-])c1)[C@H](C)OC(=O)[C@]1(c2ccccc2C(F)(F)F)C=C(C)NC(C)=C1[N+](=O)[O-]. The van der Waals surface area contributed by atoms with Crippen molar-refractivity contribution in [3.8, 4) is 0 Å². The molecule has 0 saturated carbocycles. The number of halogens is 3. The summed E-state index contributed by atoms with van der Waals surface area (Å²) in [7, 11) is 0.866. The molecule has 1 aliphatic rings. The number of hydrogen-bond acceptors (Lipinski definition) is 12. The van der Waals surface area contributed by atoms with Gasteiger partial charge in [-0.25, -0.2) is 4.79 Å². The number of allylic oxidation sites excluding steroid dienone is 2. The van der Waals surface area contributed by atoms with Crippen molar-refractivity contribution >= 4 is 29.2 Å². The summed E-state index contributed by atoms with van der Waals surface area (Å²) < 4.78 is 52.6. The first-order valence-corrected chi connectivity index (χ1v) is 12.9. The summed E-state index contributed by atoms with van der Waals surface area (Å²) in [5.74, 6) is -4.23. The average molecular weight is 652 g/mol. The fourth-order valence-electron chi connectivity index (χ4n) is 4.89. The van der Waals surface area contributed by atoms with Gasteiger partial charge in [-0.2, -0.15) is 13.2 Å². The number of nitrogens with one attached hydrogen (secondary N) is 2. The Hall–Kier alpha value is -5.88. The maximum atomic E-state index is 14.2. The molecule has 1 aliphatic heterocycles. The molecule has 0 saturated heterocycles. The number of methoxy groups -OCH3 is 1. The first-order valence-electron chi connectivity index (χ1n) is 12.9. The van der Waals surface area contributed by atoms with Crippen molar-refractivity contribution in [2.45, 2.75) is 44.5 Å². The minimum absolute atomic E-state index is 0.0368. The lowest BCUT2D eigenvalue weighted by atomic mass is 9.72. The van der Waals surface area contributed by atoms with Crippen LogP contribution < -0.4 is 10.6 Å². The van der Waals surface area contributed by atoms with Crippen molar-refractivity contribution in [1.82, 2.24) is 10.6 Å². The highest BCUT2D eigenvalue weighted by molar-refractivity contribution is 5.98. The molecule has 0 fully saturated rings. The van der Waals surface area contributed by atoms with E-state index in [4.69, 9.17) is 4.74 Å². The smallest absolute Gasteiger partial charge is 0.416 e. The van der Waals surface area contributed by atoms with Crippen LogP contribution in [0.25, 0.3) is 0 Å². The molecule has 1 heterocycles. The second-order valence-electron chi connectivity index (χ2n) is 9.87. The average Bonchev–Trinajstić information content (AvgIpc) is 2.97. The number of non-ortho nitro benzene ring substituents is 2. The normalized spacial score (nSPS) is 17.5. The van der Waals surface area contributed by atoms with E-state index in [-0.39, 0.29) is 11.4 Å². The van der Waals surface area contributed by atoms with Gasteiger partial charge in [0.15, 0.2) is 6.04 Å². The van der Waals surface area contributed by atoms with Crippen LogP contribution in [0.3, 0.4) is 0 Å². The molecule has 3 atom stereocenters. The van der Waals surface area contributed by atoms with Gasteiger partial charge in [0.2, 0.25) is 5.41 Å². The number of nitrogens with zero attached hydrogens (tertiary/aromatic N) is 3. The van der Waals surface area contributed by atoms with Crippen molar-refractivity contribution < 1.29 is 51.8 Å². The van der Waals surface area contributed by atoms with Crippen molar-refractivity contribution in [2.24, 2.45) is 0 Å². The quantitative estimate of drug-likeness (QED) is 0.213. The number of nitro groups is 3.